The Bertz CT molecular complexity index is 1300. The fourth-order valence-electron chi connectivity index (χ4n) is 3.45. The summed E-state index contributed by atoms with van der Waals surface area (Å²) in [6, 6.07) is 22.4. The Balaban J connectivity index is 1.44. The summed E-state index contributed by atoms with van der Waals surface area (Å²) < 4.78 is 11.4. The predicted octanol–water partition coefficient (Wildman–Crippen LogP) is 3.73. The first kappa shape index (κ1) is 22.1. The quantitative estimate of drug-likeness (QED) is 0.411. The molecule has 0 aliphatic heterocycles. The van der Waals surface area contributed by atoms with Crippen LogP contribution in [-0.4, -0.2) is 35.6 Å². The molecule has 0 aliphatic rings. The normalized spacial score (nSPS) is 10.7. The van der Waals surface area contributed by atoms with E-state index in [9.17, 15) is 9.59 Å². The highest BCUT2D eigenvalue weighted by atomic mass is 16.5. The summed E-state index contributed by atoms with van der Waals surface area (Å²) in [6.45, 7) is 2.69. The Hall–Kier alpha value is -4.13. The number of para-hydroxylation sites is 1. The van der Waals surface area contributed by atoms with Crippen molar-refractivity contribution in [1.82, 2.24) is 15.3 Å². The molecule has 0 atom stereocenters. The van der Waals surface area contributed by atoms with Gasteiger partial charge in [-0.25, -0.2) is 4.98 Å². The zero-order chi connectivity index (χ0) is 23.0. The number of hydrogen-bond acceptors (Lipinski definition) is 5. The van der Waals surface area contributed by atoms with Crippen molar-refractivity contribution in [2.45, 2.75) is 13.3 Å². The second-order valence-electron chi connectivity index (χ2n) is 7.40. The van der Waals surface area contributed by atoms with Crippen LogP contribution in [0.5, 0.6) is 11.5 Å². The van der Waals surface area contributed by atoms with Crippen molar-refractivity contribution < 1.29 is 14.3 Å². The molecule has 0 unspecified atom stereocenters. The topological polar surface area (TPSA) is 93.3 Å². The average Bonchev–Trinajstić information content (AvgIpc) is 2.84. The molecular formula is C26H25N3O4. The van der Waals surface area contributed by atoms with Crippen LogP contribution in [-0.2, 0) is 11.2 Å². The van der Waals surface area contributed by atoms with Crippen LogP contribution in [0.2, 0.25) is 0 Å². The maximum absolute atomic E-state index is 12.4. The van der Waals surface area contributed by atoms with Gasteiger partial charge in [-0.1, -0.05) is 42.5 Å². The molecular weight excluding hydrogens is 418 g/mol. The largest absolute Gasteiger partial charge is 0.490 e. The Morgan fingerprint density at radius 3 is 2.58 bits per heavy atom. The molecule has 0 radical (unpaired) electrons. The third-order valence-corrected chi connectivity index (χ3v) is 5.07. The van der Waals surface area contributed by atoms with Crippen molar-refractivity contribution in [2.75, 3.05) is 19.8 Å². The number of ether oxygens (including phenoxy) is 2. The van der Waals surface area contributed by atoms with Gasteiger partial charge >= 0.3 is 0 Å². The first-order valence-corrected chi connectivity index (χ1v) is 10.8. The molecule has 1 heterocycles. The lowest BCUT2D eigenvalue weighted by molar-refractivity contribution is -0.123. The standard InChI is InChI=1S/C26H25N3O4/c1-2-32-23-16-19(25-28-21-11-7-6-10-20(21)26(31)29-25)12-13-22(23)33-17-24(30)27-15-14-18-8-4-3-5-9-18/h3-13,16H,2,14-15,17H2,1H3,(H,27,30)(H,28,29,31). The van der Waals surface area contributed by atoms with E-state index in [1.165, 1.54) is 0 Å². The van der Waals surface area contributed by atoms with Gasteiger partial charge < -0.3 is 19.8 Å². The number of nitrogens with zero attached hydrogens (tertiary/aromatic N) is 1. The number of amides is 1. The van der Waals surface area contributed by atoms with Crippen LogP contribution in [0, 0.1) is 0 Å². The minimum Gasteiger partial charge on any atom is -0.490 e. The molecule has 33 heavy (non-hydrogen) atoms. The number of benzene rings is 3. The summed E-state index contributed by atoms with van der Waals surface area (Å²) in [5.74, 6) is 1.15. The van der Waals surface area contributed by atoms with Crippen LogP contribution in [0.1, 0.15) is 12.5 Å². The van der Waals surface area contributed by atoms with Crippen molar-refractivity contribution >= 4 is 16.8 Å². The lowest BCUT2D eigenvalue weighted by Crippen LogP contribution is -2.30. The van der Waals surface area contributed by atoms with Gasteiger partial charge in [-0.05, 0) is 49.2 Å². The van der Waals surface area contributed by atoms with Crippen LogP contribution in [0.4, 0.5) is 0 Å². The molecule has 0 spiro atoms. The van der Waals surface area contributed by atoms with Gasteiger partial charge in [-0.2, -0.15) is 0 Å². The minimum absolute atomic E-state index is 0.126. The minimum atomic E-state index is -0.210. The summed E-state index contributed by atoms with van der Waals surface area (Å²) in [4.78, 5) is 32.0. The number of rotatable bonds is 9. The van der Waals surface area contributed by atoms with Gasteiger partial charge in [0.15, 0.2) is 18.1 Å². The molecule has 0 saturated heterocycles. The van der Waals surface area contributed by atoms with E-state index < -0.39 is 0 Å². The van der Waals surface area contributed by atoms with Gasteiger partial charge in [-0.3, -0.25) is 9.59 Å². The third-order valence-electron chi connectivity index (χ3n) is 5.07. The lowest BCUT2D eigenvalue weighted by Gasteiger charge is -2.13. The molecule has 0 bridgehead atoms. The zero-order valence-corrected chi connectivity index (χ0v) is 18.3. The molecule has 3 aromatic carbocycles. The van der Waals surface area contributed by atoms with Crippen LogP contribution >= 0.6 is 0 Å². The second kappa shape index (κ2) is 10.5. The van der Waals surface area contributed by atoms with Gasteiger partial charge in [0.2, 0.25) is 0 Å². The van der Waals surface area contributed by atoms with Crippen LogP contribution in [0.3, 0.4) is 0 Å². The van der Waals surface area contributed by atoms with E-state index in [0.717, 1.165) is 12.0 Å². The Labute approximate surface area is 191 Å². The van der Waals surface area contributed by atoms with Crippen LogP contribution in [0.15, 0.2) is 77.6 Å². The monoisotopic (exact) mass is 443 g/mol. The van der Waals surface area contributed by atoms with E-state index in [1.807, 2.05) is 43.3 Å². The molecule has 4 rings (SSSR count). The highest BCUT2D eigenvalue weighted by Crippen LogP contribution is 2.31. The van der Waals surface area contributed by atoms with E-state index in [1.54, 1.807) is 36.4 Å². The molecule has 0 fully saturated rings. The highest BCUT2D eigenvalue weighted by molar-refractivity contribution is 5.80. The highest BCUT2D eigenvalue weighted by Gasteiger charge is 2.12. The number of nitrogens with one attached hydrogen (secondary N) is 2. The summed E-state index contributed by atoms with van der Waals surface area (Å²) in [6.07, 6.45) is 0.752. The average molecular weight is 444 g/mol. The molecule has 7 heteroatoms. The molecule has 0 saturated carbocycles. The van der Waals surface area contributed by atoms with E-state index in [-0.39, 0.29) is 18.1 Å². The van der Waals surface area contributed by atoms with Crippen molar-refractivity contribution in [1.29, 1.82) is 0 Å². The van der Waals surface area contributed by atoms with Gasteiger partial charge in [0, 0.05) is 12.1 Å². The summed E-state index contributed by atoms with van der Waals surface area (Å²) in [5.41, 5.74) is 2.25. The van der Waals surface area contributed by atoms with Crippen LogP contribution < -0.4 is 20.3 Å². The SMILES string of the molecule is CCOc1cc(-c2nc3ccccc3c(=O)[nH]2)ccc1OCC(=O)NCCc1ccccc1. The number of aromatic amines is 1. The van der Waals surface area contributed by atoms with E-state index >= 15 is 0 Å². The zero-order valence-electron chi connectivity index (χ0n) is 18.3. The smallest absolute Gasteiger partial charge is 0.259 e. The number of carbonyl (C=O) groups is 1. The second-order valence-corrected chi connectivity index (χ2v) is 7.40. The summed E-state index contributed by atoms with van der Waals surface area (Å²) in [7, 11) is 0. The first-order valence-electron chi connectivity index (χ1n) is 10.8. The van der Waals surface area contributed by atoms with Gasteiger partial charge in [-0.15, -0.1) is 0 Å². The molecule has 1 aromatic heterocycles. The lowest BCUT2D eigenvalue weighted by atomic mass is 10.1. The number of carbonyl (C=O) groups excluding carboxylic acids is 1. The number of H-pyrrole nitrogens is 1. The summed E-state index contributed by atoms with van der Waals surface area (Å²) >= 11 is 0. The number of aromatic nitrogens is 2. The molecule has 4 aromatic rings. The Morgan fingerprint density at radius 1 is 0.970 bits per heavy atom. The van der Waals surface area contributed by atoms with Gasteiger partial charge in [0.25, 0.3) is 11.5 Å². The number of hydrogen-bond donors (Lipinski definition) is 2. The van der Waals surface area contributed by atoms with Crippen molar-refractivity contribution in [2.24, 2.45) is 0 Å². The Morgan fingerprint density at radius 2 is 1.76 bits per heavy atom. The van der Waals surface area contributed by atoms with E-state index in [2.05, 4.69) is 15.3 Å². The fraction of sp³-hybridized carbons (Fsp3) is 0.192. The maximum atomic E-state index is 12.4. The molecule has 2 N–H and O–H groups in total. The fourth-order valence-corrected chi connectivity index (χ4v) is 3.45. The van der Waals surface area contributed by atoms with Crippen molar-refractivity contribution in [3.63, 3.8) is 0 Å². The van der Waals surface area contributed by atoms with Gasteiger partial charge in [0.1, 0.15) is 5.82 Å². The maximum Gasteiger partial charge on any atom is 0.259 e. The van der Waals surface area contributed by atoms with Crippen LogP contribution in [0.25, 0.3) is 22.3 Å². The van der Waals surface area contributed by atoms with Crippen molar-refractivity contribution in [3.8, 4) is 22.9 Å². The summed E-state index contributed by atoms with van der Waals surface area (Å²) in [5, 5.41) is 3.39. The van der Waals surface area contributed by atoms with Crippen molar-refractivity contribution in [3.05, 3.63) is 88.7 Å². The number of fused-ring (bicyclic) bond motifs is 1. The predicted molar refractivity (Wildman–Crippen MR) is 128 cm³/mol. The van der Waals surface area contributed by atoms with E-state index in [0.29, 0.717) is 46.9 Å². The van der Waals surface area contributed by atoms with E-state index in [4.69, 9.17) is 9.47 Å². The Kier molecular flexibility index (Phi) is 6.99. The molecule has 0 aliphatic carbocycles. The first-order chi connectivity index (χ1) is 16.1. The third kappa shape index (κ3) is 5.57. The molecule has 7 nitrogen and oxygen atoms in total. The van der Waals surface area contributed by atoms with Gasteiger partial charge in [0.05, 0.1) is 17.5 Å². The molecule has 168 valence electrons. The molecule has 1 amide bonds.